The molecule has 0 aliphatic heterocycles. The minimum absolute atomic E-state index is 0. The predicted molar refractivity (Wildman–Crippen MR) is 103 cm³/mol. The second-order valence-corrected chi connectivity index (χ2v) is 5.02. The zero-order valence-corrected chi connectivity index (χ0v) is 16.2. The van der Waals surface area contributed by atoms with Crippen molar-refractivity contribution in [2.75, 3.05) is 27.2 Å². The third-order valence-electron chi connectivity index (χ3n) is 2.91. The van der Waals surface area contributed by atoms with Crippen molar-refractivity contribution < 1.29 is 4.79 Å². The highest BCUT2D eigenvalue weighted by Gasteiger charge is 2.06. The van der Waals surface area contributed by atoms with Crippen molar-refractivity contribution in [1.29, 1.82) is 0 Å². The van der Waals surface area contributed by atoms with Crippen LogP contribution in [0.1, 0.15) is 36.2 Å². The van der Waals surface area contributed by atoms with Crippen LogP contribution in [0.3, 0.4) is 0 Å². The number of guanidine groups is 1. The average Bonchev–Trinajstić information content (AvgIpc) is 2.49. The Kier molecular flexibility index (Phi) is 10.6. The van der Waals surface area contributed by atoms with Crippen molar-refractivity contribution in [2.45, 2.75) is 26.8 Å². The third kappa shape index (κ3) is 7.11. The molecule has 0 unspecified atom stereocenters. The van der Waals surface area contributed by atoms with E-state index in [2.05, 4.69) is 22.5 Å². The van der Waals surface area contributed by atoms with Crippen molar-refractivity contribution in [3.8, 4) is 0 Å². The van der Waals surface area contributed by atoms with Gasteiger partial charge < -0.3 is 15.5 Å². The molecule has 0 heterocycles. The summed E-state index contributed by atoms with van der Waals surface area (Å²) >= 11 is 0. The van der Waals surface area contributed by atoms with E-state index in [4.69, 9.17) is 0 Å². The highest BCUT2D eigenvalue weighted by molar-refractivity contribution is 14.0. The summed E-state index contributed by atoms with van der Waals surface area (Å²) in [5, 5.41) is 6.47. The van der Waals surface area contributed by atoms with Gasteiger partial charge in [-0.2, -0.15) is 0 Å². The lowest BCUT2D eigenvalue weighted by molar-refractivity contribution is 0.0827. The summed E-state index contributed by atoms with van der Waals surface area (Å²) < 4.78 is 0. The van der Waals surface area contributed by atoms with Crippen molar-refractivity contribution in [3.05, 3.63) is 35.4 Å². The van der Waals surface area contributed by atoms with E-state index in [9.17, 15) is 4.79 Å². The van der Waals surface area contributed by atoms with Gasteiger partial charge in [-0.3, -0.25) is 4.79 Å². The number of hydrogen-bond acceptors (Lipinski definition) is 2. The van der Waals surface area contributed by atoms with Crippen molar-refractivity contribution in [2.24, 2.45) is 4.99 Å². The molecule has 124 valence electrons. The summed E-state index contributed by atoms with van der Waals surface area (Å²) in [5.41, 5.74) is 1.78. The van der Waals surface area contributed by atoms with Crippen molar-refractivity contribution in [3.63, 3.8) is 0 Å². The van der Waals surface area contributed by atoms with Crippen molar-refractivity contribution >= 4 is 35.8 Å². The monoisotopic (exact) mass is 418 g/mol. The molecule has 1 aromatic rings. The normalized spacial score (nSPS) is 10.6. The Hall–Kier alpha value is -1.31. The average molecular weight is 418 g/mol. The molecule has 0 bridgehead atoms. The number of hydrogen-bond donors (Lipinski definition) is 2. The molecular formula is C16H27IN4O. The molecule has 0 aliphatic carbocycles. The fraction of sp³-hybridized carbons (Fsp3) is 0.500. The van der Waals surface area contributed by atoms with Crippen LogP contribution in [-0.4, -0.2) is 44.0 Å². The molecule has 22 heavy (non-hydrogen) atoms. The summed E-state index contributed by atoms with van der Waals surface area (Å²) in [5.74, 6) is 0.843. The molecule has 0 saturated carbocycles. The number of nitrogens with one attached hydrogen (secondary N) is 2. The molecule has 1 amide bonds. The minimum atomic E-state index is 0. The van der Waals surface area contributed by atoms with Crippen LogP contribution in [0.15, 0.2) is 29.3 Å². The Bertz CT molecular complexity index is 472. The first-order chi connectivity index (χ1) is 10.1. The van der Waals surface area contributed by atoms with Gasteiger partial charge in [0.2, 0.25) is 0 Å². The van der Waals surface area contributed by atoms with E-state index in [0.717, 1.165) is 31.0 Å². The Morgan fingerprint density at radius 1 is 1.14 bits per heavy atom. The summed E-state index contributed by atoms with van der Waals surface area (Å²) in [4.78, 5) is 17.9. The molecule has 2 N–H and O–H groups in total. The molecule has 0 saturated heterocycles. The fourth-order valence-electron chi connectivity index (χ4n) is 1.77. The Labute approximate surface area is 150 Å². The minimum Gasteiger partial charge on any atom is -0.357 e. The van der Waals surface area contributed by atoms with Crippen LogP contribution < -0.4 is 10.6 Å². The van der Waals surface area contributed by atoms with E-state index in [1.807, 2.05) is 31.2 Å². The SMILES string of the molecule is CCCNC(=NCc1ccc(C(=O)N(C)C)cc1)NCC.I. The maximum atomic E-state index is 11.8. The summed E-state index contributed by atoms with van der Waals surface area (Å²) in [6.07, 6.45) is 1.06. The van der Waals surface area contributed by atoms with Gasteiger partial charge in [0.15, 0.2) is 5.96 Å². The summed E-state index contributed by atoms with van der Waals surface area (Å²) in [7, 11) is 3.51. The highest BCUT2D eigenvalue weighted by Crippen LogP contribution is 2.07. The number of rotatable bonds is 6. The largest absolute Gasteiger partial charge is 0.357 e. The highest BCUT2D eigenvalue weighted by atomic mass is 127. The third-order valence-corrected chi connectivity index (χ3v) is 2.91. The fourth-order valence-corrected chi connectivity index (χ4v) is 1.77. The zero-order chi connectivity index (χ0) is 15.7. The molecule has 0 spiro atoms. The number of amides is 1. The maximum absolute atomic E-state index is 11.8. The molecule has 0 aromatic heterocycles. The number of benzene rings is 1. The molecule has 6 heteroatoms. The van der Waals surface area contributed by atoms with Crippen LogP contribution in [0, 0.1) is 0 Å². The first kappa shape index (κ1) is 20.7. The van der Waals surface area contributed by atoms with Gasteiger partial charge >= 0.3 is 0 Å². The quantitative estimate of drug-likeness (QED) is 0.424. The predicted octanol–water partition coefficient (Wildman–Crippen LogP) is 2.47. The van der Waals surface area contributed by atoms with Crippen LogP contribution in [-0.2, 0) is 6.54 Å². The standard InChI is InChI=1S/C16H26N4O.HI/c1-5-11-18-16(17-6-2)19-12-13-7-9-14(10-8-13)15(21)20(3)4;/h7-10H,5-6,11-12H2,1-4H3,(H2,17,18,19);1H. The van der Waals surface area contributed by atoms with Crippen LogP contribution in [0.5, 0.6) is 0 Å². The number of carbonyl (C=O) groups is 1. The molecule has 1 rings (SSSR count). The van der Waals surface area contributed by atoms with Crippen molar-refractivity contribution in [1.82, 2.24) is 15.5 Å². The van der Waals surface area contributed by atoms with E-state index in [1.165, 1.54) is 0 Å². The van der Waals surface area contributed by atoms with E-state index < -0.39 is 0 Å². The smallest absolute Gasteiger partial charge is 0.253 e. The Balaban J connectivity index is 0.00000441. The lowest BCUT2D eigenvalue weighted by Gasteiger charge is -2.11. The van der Waals surface area contributed by atoms with E-state index >= 15 is 0 Å². The van der Waals surface area contributed by atoms with Crippen LogP contribution in [0.2, 0.25) is 0 Å². The van der Waals surface area contributed by atoms with E-state index in [0.29, 0.717) is 12.1 Å². The molecule has 0 radical (unpaired) electrons. The number of nitrogens with zero attached hydrogens (tertiary/aromatic N) is 2. The first-order valence-electron chi connectivity index (χ1n) is 7.41. The summed E-state index contributed by atoms with van der Waals surface area (Å²) in [6, 6.07) is 7.59. The molecule has 0 fully saturated rings. The van der Waals surface area contributed by atoms with Gasteiger partial charge in [0.25, 0.3) is 5.91 Å². The van der Waals surface area contributed by atoms with E-state index in [1.54, 1.807) is 19.0 Å². The number of aliphatic imine (C=N–C) groups is 1. The maximum Gasteiger partial charge on any atom is 0.253 e. The van der Waals surface area contributed by atoms with Gasteiger partial charge in [-0.1, -0.05) is 19.1 Å². The molecule has 0 atom stereocenters. The van der Waals surface area contributed by atoms with Gasteiger partial charge in [0.05, 0.1) is 6.54 Å². The van der Waals surface area contributed by atoms with Crippen LogP contribution in [0.25, 0.3) is 0 Å². The summed E-state index contributed by atoms with van der Waals surface area (Å²) in [6.45, 7) is 6.51. The lowest BCUT2D eigenvalue weighted by atomic mass is 10.1. The van der Waals surface area contributed by atoms with Gasteiger partial charge in [-0.05, 0) is 31.0 Å². The molecule has 0 aliphatic rings. The van der Waals surface area contributed by atoms with Gasteiger partial charge in [-0.15, -0.1) is 24.0 Å². The first-order valence-corrected chi connectivity index (χ1v) is 7.41. The number of carbonyl (C=O) groups excluding carboxylic acids is 1. The Morgan fingerprint density at radius 2 is 1.77 bits per heavy atom. The van der Waals surface area contributed by atoms with Gasteiger partial charge in [0.1, 0.15) is 0 Å². The zero-order valence-electron chi connectivity index (χ0n) is 13.8. The van der Waals surface area contributed by atoms with Crippen LogP contribution in [0.4, 0.5) is 0 Å². The van der Waals surface area contributed by atoms with E-state index in [-0.39, 0.29) is 29.9 Å². The van der Waals surface area contributed by atoms with Gasteiger partial charge in [0, 0.05) is 32.7 Å². The number of halogens is 1. The molecular weight excluding hydrogens is 391 g/mol. The van der Waals surface area contributed by atoms with Gasteiger partial charge in [-0.25, -0.2) is 4.99 Å². The lowest BCUT2D eigenvalue weighted by Crippen LogP contribution is -2.37. The second-order valence-electron chi connectivity index (χ2n) is 5.02. The second kappa shape index (κ2) is 11.3. The molecule has 1 aromatic carbocycles. The van der Waals surface area contributed by atoms with Crippen LogP contribution >= 0.6 is 24.0 Å². The molecule has 5 nitrogen and oxygen atoms in total. The Morgan fingerprint density at radius 3 is 2.27 bits per heavy atom. The topological polar surface area (TPSA) is 56.7 Å².